The van der Waals surface area contributed by atoms with Crippen molar-refractivity contribution in [2.45, 2.75) is 19.4 Å². The highest BCUT2D eigenvalue weighted by molar-refractivity contribution is 6.06. The fourth-order valence-electron chi connectivity index (χ4n) is 4.80. The summed E-state index contributed by atoms with van der Waals surface area (Å²) in [6.45, 7) is 3.87. The van der Waals surface area contributed by atoms with Gasteiger partial charge in [0.25, 0.3) is 5.91 Å². The van der Waals surface area contributed by atoms with E-state index in [1.54, 1.807) is 11.0 Å². The summed E-state index contributed by atoms with van der Waals surface area (Å²) in [5.74, 6) is 0.670. The first kappa shape index (κ1) is 22.2. The van der Waals surface area contributed by atoms with Crippen LogP contribution in [0.15, 0.2) is 69.9 Å². The van der Waals surface area contributed by atoms with Gasteiger partial charge in [-0.05, 0) is 63.1 Å². The molecule has 6 nitrogen and oxygen atoms in total. The molecule has 0 radical (unpaired) electrons. The van der Waals surface area contributed by atoms with Crippen LogP contribution in [0.1, 0.15) is 41.1 Å². The number of carbonyl (C=O) groups is 1. The van der Waals surface area contributed by atoms with Gasteiger partial charge in [0.2, 0.25) is 5.76 Å². The van der Waals surface area contributed by atoms with E-state index in [2.05, 4.69) is 4.90 Å². The van der Waals surface area contributed by atoms with Crippen molar-refractivity contribution in [1.82, 2.24) is 9.80 Å². The Morgan fingerprint density at radius 3 is 2.47 bits per heavy atom. The van der Waals surface area contributed by atoms with Crippen molar-refractivity contribution in [2.75, 3.05) is 33.8 Å². The van der Waals surface area contributed by atoms with E-state index >= 15 is 0 Å². The first-order valence-corrected chi connectivity index (χ1v) is 11.7. The molecule has 174 valence electrons. The fourth-order valence-corrected chi connectivity index (χ4v) is 4.80. The van der Waals surface area contributed by atoms with Crippen molar-refractivity contribution in [1.29, 1.82) is 0 Å². The maximum atomic E-state index is 13.8. The predicted octanol–water partition coefficient (Wildman–Crippen LogP) is 4.84. The van der Waals surface area contributed by atoms with Crippen LogP contribution in [-0.2, 0) is 0 Å². The normalized spacial score (nSPS) is 15.5. The predicted molar refractivity (Wildman–Crippen MR) is 134 cm³/mol. The Bertz CT molecular complexity index is 1420. The molecule has 5 rings (SSSR count). The van der Waals surface area contributed by atoms with Crippen molar-refractivity contribution in [3.63, 3.8) is 0 Å². The molecule has 34 heavy (non-hydrogen) atoms. The van der Waals surface area contributed by atoms with Crippen LogP contribution in [0, 0.1) is 0 Å². The van der Waals surface area contributed by atoms with Gasteiger partial charge >= 0.3 is 0 Å². The molecule has 0 bridgehead atoms. The number of hydrogen-bond acceptors (Lipinski definition) is 5. The average molecular weight is 457 g/mol. The molecule has 0 saturated heterocycles. The summed E-state index contributed by atoms with van der Waals surface area (Å²) in [5, 5.41) is 2.29. The monoisotopic (exact) mass is 456 g/mol. The Kier molecular flexibility index (Phi) is 5.84. The summed E-state index contributed by atoms with van der Waals surface area (Å²) in [4.78, 5) is 31.3. The molecule has 0 aliphatic carbocycles. The van der Waals surface area contributed by atoms with Gasteiger partial charge in [-0.2, -0.15) is 0 Å². The van der Waals surface area contributed by atoms with Crippen molar-refractivity contribution >= 4 is 27.6 Å². The van der Waals surface area contributed by atoms with Crippen molar-refractivity contribution in [2.24, 2.45) is 0 Å². The molecule has 1 atom stereocenters. The largest absolute Gasteiger partial charge is 0.494 e. The molecule has 0 fully saturated rings. The van der Waals surface area contributed by atoms with E-state index in [1.165, 1.54) is 0 Å². The quantitative estimate of drug-likeness (QED) is 0.372. The van der Waals surface area contributed by atoms with Gasteiger partial charge in [-0.1, -0.05) is 42.5 Å². The summed E-state index contributed by atoms with van der Waals surface area (Å²) in [6, 6.07) is 18.6. The molecular weight excluding hydrogens is 428 g/mol. The minimum atomic E-state index is -0.493. The van der Waals surface area contributed by atoms with Crippen LogP contribution in [0.3, 0.4) is 0 Å². The number of nitrogens with zero attached hydrogens (tertiary/aromatic N) is 2. The van der Waals surface area contributed by atoms with Gasteiger partial charge in [-0.25, -0.2) is 0 Å². The van der Waals surface area contributed by atoms with Gasteiger partial charge in [0.05, 0.1) is 23.6 Å². The summed E-state index contributed by atoms with van der Waals surface area (Å²) in [7, 11) is 4.01. The molecule has 0 N–H and O–H groups in total. The van der Waals surface area contributed by atoms with E-state index in [-0.39, 0.29) is 17.1 Å². The molecule has 1 aliphatic heterocycles. The lowest BCUT2D eigenvalue weighted by molar-refractivity contribution is 0.0722. The van der Waals surface area contributed by atoms with E-state index < -0.39 is 6.04 Å². The third kappa shape index (κ3) is 3.74. The van der Waals surface area contributed by atoms with Gasteiger partial charge in [-0.15, -0.1) is 0 Å². The Morgan fingerprint density at radius 1 is 0.971 bits per heavy atom. The van der Waals surface area contributed by atoms with Crippen molar-refractivity contribution in [3.05, 3.63) is 87.8 Å². The number of carbonyl (C=O) groups excluding carboxylic acids is 1. The van der Waals surface area contributed by atoms with Crippen LogP contribution in [-0.4, -0.2) is 49.5 Å². The summed E-state index contributed by atoms with van der Waals surface area (Å²) >= 11 is 0. The molecular formula is C28H28N2O4. The topological polar surface area (TPSA) is 63.0 Å². The zero-order chi connectivity index (χ0) is 23.8. The Balaban J connectivity index is 1.68. The van der Waals surface area contributed by atoms with Gasteiger partial charge in [0.1, 0.15) is 11.3 Å². The van der Waals surface area contributed by atoms with E-state index in [0.29, 0.717) is 29.7 Å². The van der Waals surface area contributed by atoms with E-state index in [0.717, 1.165) is 35.1 Å². The highest BCUT2D eigenvalue weighted by Crippen LogP contribution is 2.39. The SMILES string of the molecule is CCOc1ccc(C2c3c(oc4c(ccc5ccccc54)c3=O)C(=O)N2CCCN(C)C)cc1. The lowest BCUT2D eigenvalue weighted by Gasteiger charge is -2.26. The molecule has 4 aromatic rings. The van der Waals surface area contributed by atoms with Gasteiger partial charge in [0.15, 0.2) is 5.43 Å². The number of hydrogen-bond donors (Lipinski definition) is 0. The van der Waals surface area contributed by atoms with Crippen LogP contribution < -0.4 is 10.2 Å². The Morgan fingerprint density at radius 2 is 1.74 bits per heavy atom. The minimum absolute atomic E-state index is 0.149. The van der Waals surface area contributed by atoms with Gasteiger partial charge in [-0.3, -0.25) is 9.59 Å². The van der Waals surface area contributed by atoms with Crippen LogP contribution in [0.5, 0.6) is 5.75 Å². The zero-order valence-corrected chi connectivity index (χ0v) is 19.7. The minimum Gasteiger partial charge on any atom is -0.494 e. The molecule has 6 heteroatoms. The lowest BCUT2D eigenvalue weighted by Crippen LogP contribution is -2.32. The molecule has 1 unspecified atom stereocenters. The second-order valence-electron chi connectivity index (χ2n) is 8.90. The highest BCUT2D eigenvalue weighted by Gasteiger charge is 2.42. The van der Waals surface area contributed by atoms with Gasteiger partial charge in [0, 0.05) is 11.9 Å². The molecule has 1 amide bonds. The molecule has 1 aromatic heterocycles. The van der Waals surface area contributed by atoms with E-state index in [1.807, 2.05) is 75.6 Å². The van der Waals surface area contributed by atoms with Crippen LogP contribution in [0.25, 0.3) is 21.7 Å². The maximum Gasteiger partial charge on any atom is 0.290 e. The number of benzene rings is 3. The molecule has 0 spiro atoms. The number of rotatable bonds is 7. The second-order valence-corrected chi connectivity index (χ2v) is 8.90. The molecule has 2 heterocycles. The van der Waals surface area contributed by atoms with Crippen LogP contribution in [0.4, 0.5) is 0 Å². The Hall–Kier alpha value is -3.64. The van der Waals surface area contributed by atoms with Crippen molar-refractivity contribution < 1.29 is 13.9 Å². The Labute approximate surface area is 198 Å². The van der Waals surface area contributed by atoms with Crippen LogP contribution in [0.2, 0.25) is 0 Å². The standard InChI is InChI=1S/C28H28N2O4/c1-4-33-20-13-10-19(11-14-20)24-23-25(31)22-15-12-18-8-5-6-9-21(18)26(22)34-27(23)28(32)30(24)17-7-16-29(2)3/h5-6,8-15,24H,4,7,16-17H2,1-3H3. The van der Waals surface area contributed by atoms with E-state index in [9.17, 15) is 9.59 Å². The summed E-state index contributed by atoms with van der Waals surface area (Å²) in [6.07, 6.45) is 0.789. The average Bonchev–Trinajstić information content (AvgIpc) is 3.11. The van der Waals surface area contributed by atoms with E-state index in [4.69, 9.17) is 9.15 Å². The van der Waals surface area contributed by atoms with Crippen LogP contribution >= 0.6 is 0 Å². The summed E-state index contributed by atoms with van der Waals surface area (Å²) < 4.78 is 11.8. The second kappa shape index (κ2) is 8.95. The lowest BCUT2D eigenvalue weighted by atomic mass is 9.97. The number of amides is 1. The fraction of sp³-hybridized carbons (Fsp3) is 0.286. The first-order chi connectivity index (χ1) is 16.5. The van der Waals surface area contributed by atoms with Gasteiger partial charge < -0.3 is 19.0 Å². The molecule has 3 aromatic carbocycles. The zero-order valence-electron chi connectivity index (χ0n) is 19.7. The maximum absolute atomic E-state index is 13.8. The third-order valence-corrected chi connectivity index (χ3v) is 6.37. The third-order valence-electron chi connectivity index (χ3n) is 6.37. The smallest absolute Gasteiger partial charge is 0.290 e. The molecule has 1 aliphatic rings. The molecule has 0 saturated carbocycles. The number of fused-ring (bicyclic) bond motifs is 4. The highest BCUT2D eigenvalue weighted by atomic mass is 16.5. The first-order valence-electron chi connectivity index (χ1n) is 11.7. The summed E-state index contributed by atoms with van der Waals surface area (Å²) in [5.41, 5.74) is 1.61. The van der Waals surface area contributed by atoms with Crippen molar-refractivity contribution in [3.8, 4) is 5.75 Å². The number of ether oxygens (including phenoxy) is 1.